The van der Waals surface area contributed by atoms with E-state index in [-0.39, 0.29) is 21.9 Å². The molecule has 3 aromatic carbocycles. The van der Waals surface area contributed by atoms with Crippen molar-refractivity contribution < 1.29 is 31.1 Å². The van der Waals surface area contributed by atoms with Gasteiger partial charge in [-0.2, -0.15) is 0 Å². The first-order valence-corrected chi connectivity index (χ1v) is 8.61. The molecule has 0 spiro atoms. The third kappa shape index (κ3) is 4.16. The second-order valence-corrected chi connectivity index (χ2v) is 6.38. The van der Waals surface area contributed by atoms with E-state index in [0.29, 0.717) is 18.4 Å². The molecule has 0 amide bonds. The van der Waals surface area contributed by atoms with Crippen molar-refractivity contribution in [3.63, 3.8) is 0 Å². The summed E-state index contributed by atoms with van der Waals surface area (Å²) in [7, 11) is 0. The minimum absolute atomic E-state index is 0.0823. The molecule has 3 rings (SSSR count). The second kappa shape index (κ2) is 7.70. The van der Waals surface area contributed by atoms with Crippen LogP contribution in [0.1, 0.15) is 24.5 Å². The van der Waals surface area contributed by atoms with Crippen molar-refractivity contribution in [1.82, 2.24) is 0 Å². The topological polar surface area (TPSA) is 9.23 Å². The van der Waals surface area contributed by atoms with Crippen molar-refractivity contribution in [3.8, 4) is 29.2 Å². The maximum absolute atomic E-state index is 14.6. The summed E-state index contributed by atoms with van der Waals surface area (Å²) in [4.78, 5) is 0. The van der Waals surface area contributed by atoms with Gasteiger partial charge in [-0.15, -0.1) is 19.6 Å². The Kier molecular flexibility index (Phi) is 5.47. The van der Waals surface area contributed by atoms with E-state index in [0.717, 1.165) is 12.1 Å². The molecule has 0 aromatic heterocycles. The van der Waals surface area contributed by atoms with Crippen LogP contribution >= 0.6 is 0 Å². The van der Waals surface area contributed by atoms with E-state index in [1.165, 1.54) is 24.3 Å². The normalized spacial score (nSPS) is 11.5. The van der Waals surface area contributed by atoms with Gasteiger partial charge in [0.2, 0.25) is 0 Å². The number of fused-ring (bicyclic) bond motifs is 1. The summed E-state index contributed by atoms with van der Waals surface area (Å²) in [5.74, 6) is -2.07. The molecule has 1 nitrogen and oxygen atoms in total. The molecule has 0 fully saturated rings. The fraction of sp³-hybridized carbons (Fsp3) is 0.182. The van der Waals surface area contributed by atoms with Gasteiger partial charge in [-0.05, 0) is 47.2 Å². The molecule has 0 aliphatic rings. The number of terminal acetylenes is 1. The van der Waals surface area contributed by atoms with Crippen LogP contribution in [0.25, 0.3) is 21.9 Å². The Labute approximate surface area is 162 Å². The van der Waals surface area contributed by atoms with Crippen LogP contribution in [0, 0.1) is 29.8 Å². The summed E-state index contributed by atoms with van der Waals surface area (Å²) < 4.78 is 85.0. The lowest BCUT2D eigenvalue weighted by atomic mass is 9.97. The van der Waals surface area contributed by atoms with Gasteiger partial charge in [-0.25, -0.2) is 13.2 Å². The van der Waals surface area contributed by atoms with Crippen molar-refractivity contribution in [1.29, 1.82) is 0 Å². The smallest absolute Gasteiger partial charge is 0.401 e. The molecule has 0 bridgehead atoms. The summed E-state index contributed by atoms with van der Waals surface area (Å²) in [5.41, 5.74) is -0.183. The third-order valence-electron chi connectivity index (χ3n) is 4.33. The standard InChI is InChI=1S/C22H14F6O/c1-3-5-12-8-17(23)19(18(24)9-12)14-6-7-16-15(11-14)10-13(4-2)21(20(16)25)29-22(26,27)28/h2,6-11H,3,5H2,1H3. The molecule has 0 N–H and O–H groups in total. The fourth-order valence-electron chi connectivity index (χ4n) is 3.16. The molecule has 0 heterocycles. The number of benzene rings is 3. The Hall–Kier alpha value is -3.14. The summed E-state index contributed by atoms with van der Waals surface area (Å²) in [6, 6.07) is 7.16. The molecule has 7 heteroatoms. The predicted molar refractivity (Wildman–Crippen MR) is 97.9 cm³/mol. The molecule has 150 valence electrons. The fourth-order valence-corrected chi connectivity index (χ4v) is 3.16. The summed E-state index contributed by atoms with van der Waals surface area (Å²) in [6.45, 7) is 1.88. The maximum atomic E-state index is 14.6. The third-order valence-corrected chi connectivity index (χ3v) is 4.33. The molecular weight excluding hydrogens is 394 g/mol. The Morgan fingerprint density at radius 2 is 1.66 bits per heavy atom. The van der Waals surface area contributed by atoms with E-state index in [9.17, 15) is 26.3 Å². The molecule has 3 aromatic rings. The number of hydrogen-bond acceptors (Lipinski definition) is 1. The van der Waals surface area contributed by atoms with Gasteiger partial charge in [0.05, 0.1) is 11.1 Å². The predicted octanol–water partition coefficient (Wildman–Crippen LogP) is 6.76. The first kappa shape index (κ1) is 20.6. The van der Waals surface area contributed by atoms with Crippen LogP contribution < -0.4 is 4.74 Å². The van der Waals surface area contributed by atoms with Gasteiger partial charge in [-0.1, -0.05) is 31.4 Å². The Bertz CT molecular complexity index is 1100. The van der Waals surface area contributed by atoms with Crippen LogP contribution in [0.3, 0.4) is 0 Å². The zero-order chi connectivity index (χ0) is 21.3. The Balaban J connectivity index is 2.17. The van der Waals surface area contributed by atoms with Crippen LogP contribution in [0.5, 0.6) is 5.75 Å². The van der Waals surface area contributed by atoms with Gasteiger partial charge in [0, 0.05) is 5.39 Å². The highest BCUT2D eigenvalue weighted by atomic mass is 19.4. The van der Waals surface area contributed by atoms with Crippen LogP contribution in [-0.4, -0.2) is 6.36 Å². The molecule has 0 unspecified atom stereocenters. The van der Waals surface area contributed by atoms with Crippen molar-refractivity contribution in [2.45, 2.75) is 26.1 Å². The van der Waals surface area contributed by atoms with E-state index in [4.69, 9.17) is 6.42 Å². The van der Waals surface area contributed by atoms with Crippen LogP contribution in [0.2, 0.25) is 0 Å². The zero-order valence-corrected chi connectivity index (χ0v) is 15.1. The highest BCUT2D eigenvalue weighted by Crippen LogP contribution is 2.37. The van der Waals surface area contributed by atoms with Crippen molar-refractivity contribution in [2.24, 2.45) is 0 Å². The second-order valence-electron chi connectivity index (χ2n) is 6.38. The quantitative estimate of drug-likeness (QED) is 0.343. The molecule has 29 heavy (non-hydrogen) atoms. The van der Waals surface area contributed by atoms with Gasteiger partial charge in [0.15, 0.2) is 11.6 Å². The minimum Gasteiger partial charge on any atom is -0.401 e. The summed E-state index contributed by atoms with van der Waals surface area (Å²) >= 11 is 0. The molecular formula is C22H14F6O. The van der Waals surface area contributed by atoms with Crippen LogP contribution in [0.4, 0.5) is 26.3 Å². The molecule has 0 saturated heterocycles. The largest absolute Gasteiger partial charge is 0.573 e. The Morgan fingerprint density at radius 1 is 1.00 bits per heavy atom. The van der Waals surface area contributed by atoms with Gasteiger partial charge in [-0.3, -0.25) is 0 Å². The Morgan fingerprint density at radius 3 is 2.21 bits per heavy atom. The molecule has 0 aliphatic heterocycles. The lowest BCUT2D eigenvalue weighted by Crippen LogP contribution is -2.19. The molecule has 0 aliphatic carbocycles. The van der Waals surface area contributed by atoms with Gasteiger partial charge >= 0.3 is 6.36 Å². The monoisotopic (exact) mass is 408 g/mol. The lowest BCUT2D eigenvalue weighted by Gasteiger charge is -2.14. The number of hydrogen-bond donors (Lipinski definition) is 0. The van der Waals surface area contributed by atoms with Crippen molar-refractivity contribution >= 4 is 10.8 Å². The van der Waals surface area contributed by atoms with Gasteiger partial charge < -0.3 is 4.74 Å². The summed E-state index contributed by atoms with van der Waals surface area (Å²) in [6.07, 6.45) is 1.27. The zero-order valence-electron chi connectivity index (χ0n) is 15.1. The van der Waals surface area contributed by atoms with Gasteiger partial charge in [0.1, 0.15) is 11.6 Å². The van der Waals surface area contributed by atoms with Crippen molar-refractivity contribution in [3.05, 3.63) is 65.0 Å². The summed E-state index contributed by atoms with van der Waals surface area (Å²) in [5, 5.41) is -0.144. The SMILES string of the molecule is C#Cc1cc2cc(-c3c(F)cc(CCC)cc3F)ccc2c(F)c1OC(F)(F)F. The number of ether oxygens (including phenoxy) is 1. The van der Waals surface area contributed by atoms with E-state index in [1.54, 1.807) is 0 Å². The van der Waals surface area contributed by atoms with E-state index in [1.807, 2.05) is 12.8 Å². The van der Waals surface area contributed by atoms with Gasteiger partial charge in [0.25, 0.3) is 0 Å². The highest BCUT2D eigenvalue weighted by molar-refractivity contribution is 5.90. The van der Waals surface area contributed by atoms with Crippen LogP contribution in [-0.2, 0) is 6.42 Å². The van der Waals surface area contributed by atoms with E-state index in [2.05, 4.69) is 4.74 Å². The number of halogens is 6. The molecule has 0 radical (unpaired) electrons. The number of rotatable bonds is 4. The maximum Gasteiger partial charge on any atom is 0.573 e. The minimum atomic E-state index is -5.13. The van der Waals surface area contributed by atoms with Crippen molar-refractivity contribution in [2.75, 3.05) is 0 Å². The lowest BCUT2D eigenvalue weighted by molar-refractivity contribution is -0.275. The molecule has 0 saturated carbocycles. The average molecular weight is 408 g/mol. The molecule has 0 atom stereocenters. The van der Waals surface area contributed by atoms with E-state index >= 15 is 0 Å². The first-order valence-electron chi connectivity index (χ1n) is 8.61. The average Bonchev–Trinajstić information content (AvgIpc) is 2.62. The number of alkyl halides is 3. The first-order chi connectivity index (χ1) is 13.6. The van der Waals surface area contributed by atoms with E-state index < -0.39 is 35.1 Å². The van der Waals surface area contributed by atoms with Crippen LogP contribution in [0.15, 0.2) is 36.4 Å². The number of aryl methyl sites for hydroxylation is 1. The highest BCUT2D eigenvalue weighted by Gasteiger charge is 2.34.